The minimum absolute atomic E-state index is 0.129. The van der Waals surface area contributed by atoms with E-state index in [1.807, 2.05) is 65.8 Å². The summed E-state index contributed by atoms with van der Waals surface area (Å²) in [5, 5.41) is 19.9. The standard InChI is InChI=1S/C25H34O3.C3H6O2.2C2H6/c1-6-10-19-16-21(11-13-23(19)27)25(8-3,9-4)20-12-14-24(18(5)15-20)28-17-22(26)7-2;1-2-5-3-4;2*1-2/h6,10-16,22,26-27H,7-9,17H2,1-5H3;3H,2H2,1H3;2*1-2H3/b10-6+;;;. The minimum Gasteiger partial charge on any atom is -0.507 e. The highest BCUT2D eigenvalue weighted by molar-refractivity contribution is 5.59. The van der Waals surface area contributed by atoms with Gasteiger partial charge in [-0.3, -0.25) is 4.79 Å². The predicted octanol–water partition coefficient (Wildman–Crippen LogP) is 8.22. The van der Waals surface area contributed by atoms with Crippen LogP contribution in [0.1, 0.15) is 104 Å². The molecule has 2 rings (SSSR count). The molecule has 0 spiro atoms. The monoisotopic (exact) mass is 516 g/mol. The Morgan fingerprint density at radius 3 is 1.95 bits per heavy atom. The number of aliphatic hydroxyl groups is 1. The van der Waals surface area contributed by atoms with Gasteiger partial charge in [0.25, 0.3) is 6.47 Å². The molecule has 5 nitrogen and oxygen atoms in total. The van der Waals surface area contributed by atoms with Gasteiger partial charge in [0.15, 0.2) is 0 Å². The number of hydrogen-bond donors (Lipinski definition) is 2. The number of phenolic OH excluding ortho intramolecular Hbond substituents is 1. The van der Waals surface area contributed by atoms with Crippen molar-refractivity contribution in [2.75, 3.05) is 13.2 Å². The second-order valence-electron chi connectivity index (χ2n) is 7.97. The van der Waals surface area contributed by atoms with Crippen molar-refractivity contribution in [1.29, 1.82) is 0 Å². The van der Waals surface area contributed by atoms with Crippen LogP contribution in [0, 0.1) is 6.92 Å². The second-order valence-corrected chi connectivity index (χ2v) is 7.97. The Morgan fingerprint density at radius 1 is 0.946 bits per heavy atom. The van der Waals surface area contributed by atoms with Crippen LogP contribution in [0.2, 0.25) is 0 Å². The summed E-state index contributed by atoms with van der Waals surface area (Å²) >= 11 is 0. The van der Waals surface area contributed by atoms with Gasteiger partial charge in [0.1, 0.15) is 18.1 Å². The minimum atomic E-state index is -0.438. The van der Waals surface area contributed by atoms with Crippen molar-refractivity contribution in [2.45, 2.75) is 100 Å². The Labute approximate surface area is 226 Å². The van der Waals surface area contributed by atoms with Crippen molar-refractivity contribution in [3.05, 3.63) is 64.7 Å². The number of aliphatic hydroxyl groups excluding tert-OH is 1. The maximum atomic E-state index is 10.2. The Balaban J connectivity index is 0. The van der Waals surface area contributed by atoms with E-state index < -0.39 is 6.10 Å². The molecule has 1 unspecified atom stereocenters. The van der Waals surface area contributed by atoms with Crippen LogP contribution in [0.5, 0.6) is 11.5 Å². The van der Waals surface area contributed by atoms with E-state index >= 15 is 0 Å². The number of allylic oxidation sites excluding steroid dienone is 1. The maximum Gasteiger partial charge on any atom is 0.293 e. The average Bonchev–Trinajstić information content (AvgIpc) is 2.93. The van der Waals surface area contributed by atoms with E-state index in [9.17, 15) is 15.0 Å². The number of aromatic hydroxyl groups is 1. The molecule has 0 fully saturated rings. The van der Waals surface area contributed by atoms with Gasteiger partial charge < -0.3 is 19.7 Å². The van der Waals surface area contributed by atoms with Gasteiger partial charge in [-0.2, -0.15) is 0 Å². The highest BCUT2D eigenvalue weighted by Gasteiger charge is 2.31. The molecule has 0 aromatic heterocycles. The van der Waals surface area contributed by atoms with Crippen molar-refractivity contribution in [3.8, 4) is 11.5 Å². The van der Waals surface area contributed by atoms with E-state index in [2.05, 4.69) is 43.7 Å². The van der Waals surface area contributed by atoms with Gasteiger partial charge >= 0.3 is 0 Å². The Kier molecular flexibility index (Phi) is 20.9. The fourth-order valence-electron chi connectivity index (χ4n) is 3.88. The lowest BCUT2D eigenvalue weighted by Gasteiger charge is -2.34. The van der Waals surface area contributed by atoms with Crippen LogP contribution in [-0.4, -0.2) is 36.0 Å². The largest absolute Gasteiger partial charge is 0.507 e. The van der Waals surface area contributed by atoms with Crippen molar-refractivity contribution in [1.82, 2.24) is 0 Å². The molecule has 2 aromatic carbocycles. The van der Waals surface area contributed by atoms with Gasteiger partial charge in [-0.1, -0.05) is 78.8 Å². The third kappa shape index (κ3) is 11.4. The lowest BCUT2D eigenvalue weighted by atomic mass is 9.70. The Hall–Kier alpha value is -2.79. The van der Waals surface area contributed by atoms with Crippen LogP contribution in [0.4, 0.5) is 0 Å². The quantitative estimate of drug-likeness (QED) is 0.294. The Bertz CT molecular complexity index is 885. The molecule has 0 heterocycles. The first-order chi connectivity index (χ1) is 17.8. The fraction of sp³-hybridized carbons (Fsp3) is 0.531. The van der Waals surface area contributed by atoms with Crippen molar-refractivity contribution >= 4 is 12.5 Å². The number of hydrogen-bond acceptors (Lipinski definition) is 5. The normalized spacial score (nSPS) is 11.1. The van der Waals surface area contributed by atoms with Gasteiger partial charge in [0, 0.05) is 11.0 Å². The average molecular weight is 517 g/mol. The molecule has 37 heavy (non-hydrogen) atoms. The number of benzene rings is 2. The zero-order valence-corrected chi connectivity index (χ0v) is 24.9. The molecule has 0 radical (unpaired) electrons. The van der Waals surface area contributed by atoms with Crippen LogP contribution < -0.4 is 4.74 Å². The van der Waals surface area contributed by atoms with E-state index in [1.165, 1.54) is 11.1 Å². The van der Waals surface area contributed by atoms with Crippen LogP contribution >= 0.6 is 0 Å². The molecular formula is C32H52O5. The molecule has 2 aromatic rings. The van der Waals surface area contributed by atoms with E-state index in [0.29, 0.717) is 31.9 Å². The zero-order chi connectivity index (χ0) is 28.9. The lowest BCUT2D eigenvalue weighted by Crippen LogP contribution is -2.26. The topological polar surface area (TPSA) is 76.0 Å². The van der Waals surface area contributed by atoms with E-state index in [0.717, 1.165) is 29.7 Å². The number of carbonyl (C=O) groups excluding carboxylic acids is 1. The van der Waals surface area contributed by atoms with Crippen LogP contribution in [-0.2, 0) is 14.9 Å². The third-order valence-corrected chi connectivity index (χ3v) is 6.00. The molecule has 2 N–H and O–H groups in total. The number of aryl methyl sites for hydroxylation is 1. The van der Waals surface area contributed by atoms with Gasteiger partial charge in [-0.25, -0.2) is 0 Å². The molecule has 1 atom stereocenters. The molecule has 210 valence electrons. The number of rotatable bonds is 11. The second kappa shape index (κ2) is 21.3. The number of ether oxygens (including phenoxy) is 2. The van der Waals surface area contributed by atoms with Gasteiger partial charge in [0.2, 0.25) is 0 Å². The molecule has 0 saturated heterocycles. The first-order valence-electron chi connectivity index (χ1n) is 13.8. The molecular weight excluding hydrogens is 464 g/mol. The molecule has 0 saturated carbocycles. The first-order valence-corrected chi connectivity index (χ1v) is 13.8. The first kappa shape index (κ1) is 36.4. The summed E-state index contributed by atoms with van der Waals surface area (Å²) in [6, 6.07) is 12.3. The molecule has 0 aliphatic carbocycles. The maximum absolute atomic E-state index is 10.2. The van der Waals surface area contributed by atoms with Crippen LogP contribution in [0.15, 0.2) is 42.5 Å². The van der Waals surface area contributed by atoms with Gasteiger partial charge in [-0.15, -0.1) is 0 Å². The van der Waals surface area contributed by atoms with Crippen molar-refractivity contribution < 1.29 is 24.5 Å². The summed E-state index contributed by atoms with van der Waals surface area (Å²) in [5.74, 6) is 1.12. The summed E-state index contributed by atoms with van der Waals surface area (Å²) in [7, 11) is 0. The molecule has 0 amide bonds. The predicted molar refractivity (Wildman–Crippen MR) is 158 cm³/mol. The summed E-state index contributed by atoms with van der Waals surface area (Å²) in [4.78, 5) is 9.18. The zero-order valence-electron chi connectivity index (χ0n) is 24.9. The summed E-state index contributed by atoms with van der Waals surface area (Å²) in [6.07, 6.45) is 6.04. The number of phenols is 1. The molecule has 0 aliphatic heterocycles. The van der Waals surface area contributed by atoms with Crippen LogP contribution in [0.25, 0.3) is 6.08 Å². The lowest BCUT2D eigenvalue weighted by molar-refractivity contribution is -0.128. The molecule has 5 heteroatoms. The number of carbonyl (C=O) groups is 1. The van der Waals surface area contributed by atoms with Crippen molar-refractivity contribution in [2.24, 2.45) is 0 Å². The Morgan fingerprint density at radius 2 is 1.51 bits per heavy atom. The fourth-order valence-corrected chi connectivity index (χ4v) is 3.88. The van der Waals surface area contributed by atoms with E-state index in [4.69, 9.17) is 4.74 Å². The SMILES string of the molecule is C/C=C/c1cc(C(CC)(CC)c2ccc(OCC(O)CC)c(C)c2)ccc1O.CC.CC.CCOC=O. The highest BCUT2D eigenvalue weighted by atomic mass is 16.5. The van der Waals surface area contributed by atoms with Gasteiger partial charge in [-0.05, 0) is 74.9 Å². The van der Waals surface area contributed by atoms with Crippen LogP contribution in [0.3, 0.4) is 0 Å². The summed E-state index contributed by atoms with van der Waals surface area (Å²) in [6.45, 7) is 21.4. The summed E-state index contributed by atoms with van der Waals surface area (Å²) < 4.78 is 9.96. The van der Waals surface area contributed by atoms with E-state index in [-0.39, 0.29) is 5.41 Å². The molecule has 0 aliphatic rings. The van der Waals surface area contributed by atoms with Gasteiger partial charge in [0.05, 0.1) is 12.7 Å². The molecule has 0 bridgehead atoms. The van der Waals surface area contributed by atoms with E-state index in [1.54, 1.807) is 13.0 Å². The highest BCUT2D eigenvalue weighted by Crippen LogP contribution is 2.41. The smallest absolute Gasteiger partial charge is 0.293 e. The van der Waals surface area contributed by atoms with Crippen molar-refractivity contribution in [3.63, 3.8) is 0 Å². The third-order valence-electron chi connectivity index (χ3n) is 6.00. The summed E-state index contributed by atoms with van der Waals surface area (Å²) in [5.41, 5.74) is 4.24.